The lowest BCUT2D eigenvalue weighted by Crippen LogP contribution is -1.87. The minimum Gasteiger partial charge on any atom is -0.508 e. The van der Waals surface area contributed by atoms with Crippen LogP contribution in [0.3, 0.4) is 0 Å². The lowest BCUT2D eigenvalue weighted by atomic mass is 10.0. The number of aromatic hydroxyl groups is 1. The second-order valence-corrected chi connectivity index (χ2v) is 8.73. The highest BCUT2D eigenvalue weighted by atomic mass is 16.5. The first-order valence-corrected chi connectivity index (χ1v) is 12.3. The van der Waals surface area contributed by atoms with Gasteiger partial charge in [-0.15, -0.1) is 0 Å². The van der Waals surface area contributed by atoms with Crippen LogP contribution in [0, 0.1) is 0 Å². The number of hydrogen-bond donors (Lipinski definition) is 2. The summed E-state index contributed by atoms with van der Waals surface area (Å²) in [6.07, 6.45) is 0. The highest BCUT2D eigenvalue weighted by Crippen LogP contribution is 2.35. The number of nitrogens with zero attached hydrogens (tertiary/aromatic N) is 1. The second-order valence-electron chi connectivity index (χ2n) is 8.73. The van der Waals surface area contributed by atoms with Gasteiger partial charge in [-0.05, 0) is 97.1 Å². The van der Waals surface area contributed by atoms with Crippen LogP contribution in [0.1, 0.15) is 0 Å². The van der Waals surface area contributed by atoms with E-state index in [0.29, 0.717) is 5.82 Å². The molecule has 5 heteroatoms. The van der Waals surface area contributed by atoms with Gasteiger partial charge in [0.05, 0.1) is 11.4 Å². The highest BCUT2D eigenvalue weighted by molar-refractivity contribution is 5.81. The first kappa shape index (κ1) is 23.1. The normalized spacial score (nSPS) is 10.7. The Morgan fingerprint density at radius 2 is 0.921 bits per heavy atom. The van der Waals surface area contributed by atoms with Gasteiger partial charge < -0.3 is 19.6 Å². The van der Waals surface area contributed by atoms with Crippen LogP contribution >= 0.6 is 0 Å². The predicted octanol–water partition coefficient (Wildman–Crippen LogP) is 8.70. The largest absolute Gasteiger partial charge is 0.508 e. The molecule has 0 aliphatic heterocycles. The van der Waals surface area contributed by atoms with Crippen molar-refractivity contribution in [3.8, 4) is 62.7 Å². The summed E-state index contributed by atoms with van der Waals surface area (Å²) in [5.74, 6) is 4.00. The summed E-state index contributed by atoms with van der Waals surface area (Å²) in [6.45, 7) is 0. The summed E-state index contributed by atoms with van der Waals surface area (Å²) in [5, 5.41) is 9.73. The molecule has 0 spiro atoms. The molecule has 1 aromatic heterocycles. The number of nitrogens with one attached hydrogen (secondary N) is 1. The third kappa shape index (κ3) is 5.13. The summed E-state index contributed by atoms with van der Waals surface area (Å²) >= 11 is 0. The molecule has 0 fully saturated rings. The molecule has 0 unspecified atom stereocenters. The quantitative estimate of drug-likeness (QED) is 0.232. The van der Waals surface area contributed by atoms with E-state index in [-0.39, 0.29) is 5.75 Å². The molecular formula is C33H24N2O3. The number of hydrogen-bond acceptors (Lipinski definition) is 4. The number of para-hydroxylation sites is 2. The molecule has 0 bridgehead atoms. The van der Waals surface area contributed by atoms with E-state index in [1.165, 1.54) is 0 Å². The number of ether oxygens (including phenoxy) is 2. The zero-order valence-corrected chi connectivity index (χ0v) is 20.4. The maximum atomic E-state index is 9.73. The molecule has 6 aromatic rings. The molecule has 0 amide bonds. The van der Waals surface area contributed by atoms with E-state index < -0.39 is 0 Å². The summed E-state index contributed by atoms with van der Waals surface area (Å²) in [6, 6.07) is 42.2. The fraction of sp³-hybridized carbons (Fsp3) is 0. The maximum absolute atomic E-state index is 9.73. The number of imidazole rings is 1. The van der Waals surface area contributed by atoms with Crippen molar-refractivity contribution >= 4 is 0 Å². The molecule has 2 N–H and O–H groups in total. The Balaban J connectivity index is 1.34. The average molecular weight is 497 g/mol. The van der Waals surface area contributed by atoms with E-state index in [1.54, 1.807) is 12.1 Å². The van der Waals surface area contributed by atoms with Crippen molar-refractivity contribution in [1.82, 2.24) is 9.97 Å². The molecule has 38 heavy (non-hydrogen) atoms. The molecule has 0 saturated carbocycles. The molecule has 0 aliphatic carbocycles. The zero-order valence-electron chi connectivity index (χ0n) is 20.4. The van der Waals surface area contributed by atoms with Gasteiger partial charge in [0, 0.05) is 16.7 Å². The van der Waals surface area contributed by atoms with Crippen LogP contribution in [-0.2, 0) is 0 Å². The molecule has 0 saturated heterocycles. The minimum absolute atomic E-state index is 0.212. The van der Waals surface area contributed by atoms with Crippen LogP contribution in [0.2, 0.25) is 0 Å². The van der Waals surface area contributed by atoms with Crippen molar-refractivity contribution in [2.45, 2.75) is 0 Å². The van der Waals surface area contributed by atoms with Gasteiger partial charge in [-0.2, -0.15) is 0 Å². The Morgan fingerprint density at radius 3 is 1.45 bits per heavy atom. The third-order valence-corrected chi connectivity index (χ3v) is 6.07. The van der Waals surface area contributed by atoms with Gasteiger partial charge >= 0.3 is 0 Å². The topological polar surface area (TPSA) is 67.4 Å². The smallest absolute Gasteiger partial charge is 0.138 e. The number of phenolic OH excluding ortho intramolecular Hbond substituents is 1. The Bertz CT molecular complexity index is 1520. The van der Waals surface area contributed by atoms with Gasteiger partial charge in [0.25, 0.3) is 0 Å². The van der Waals surface area contributed by atoms with Crippen molar-refractivity contribution < 1.29 is 14.6 Å². The first-order valence-electron chi connectivity index (χ1n) is 12.3. The Hall–Kier alpha value is -5.29. The molecule has 5 aromatic carbocycles. The molecule has 6 rings (SSSR count). The van der Waals surface area contributed by atoms with Crippen molar-refractivity contribution in [1.29, 1.82) is 0 Å². The van der Waals surface area contributed by atoms with Crippen LogP contribution in [0.15, 0.2) is 133 Å². The maximum Gasteiger partial charge on any atom is 0.138 e. The van der Waals surface area contributed by atoms with Crippen molar-refractivity contribution in [3.63, 3.8) is 0 Å². The van der Waals surface area contributed by atoms with Gasteiger partial charge in [-0.3, -0.25) is 0 Å². The molecule has 1 heterocycles. The monoisotopic (exact) mass is 496 g/mol. The van der Waals surface area contributed by atoms with Gasteiger partial charge in [0.2, 0.25) is 0 Å². The number of rotatable bonds is 7. The molecule has 184 valence electrons. The Kier molecular flexibility index (Phi) is 6.31. The first-order chi connectivity index (χ1) is 18.7. The number of benzene rings is 5. The van der Waals surface area contributed by atoms with Crippen molar-refractivity contribution in [2.75, 3.05) is 0 Å². The third-order valence-electron chi connectivity index (χ3n) is 6.07. The SMILES string of the molecule is Oc1ccc(-c2nc(-c3ccc(Oc4ccccc4)cc3)c(-c3ccc(Oc4ccccc4)cc3)[nH]2)cc1. The van der Waals surface area contributed by atoms with Crippen LogP contribution in [0.4, 0.5) is 0 Å². The average Bonchev–Trinajstić information content (AvgIpc) is 3.41. The van der Waals surface area contributed by atoms with Crippen LogP contribution in [0.25, 0.3) is 33.9 Å². The van der Waals surface area contributed by atoms with E-state index in [1.807, 2.05) is 121 Å². The van der Waals surface area contributed by atoms with E-state index >= 15 is 0 Å². The van der Waals surface area contributed by atoms with Gasteiger partial charge in [0.15, 0.2) is 0 Å². The van der Waals surface area contributed by atoms with Crippen molar-refractivity contribution in [3.05, 3.63) is 133 Å². The fourth-order valence-electron chi connectivity index (χ4n) is 4.17. The van der Waals surface area contributed by atoms with E-state index in [2.05, 4.69) is 4.98 Å². The number of phenols is 1. The van der Waals surface area contributed by atoms with Gasteiger partial charge in [-0.1, -0.05) is 36.4 Å². The Labute approximate surface area is 220 Å². The number of H-pyrrole nitrogens is 1. The fourth-order valence-corrected chi connectivity index (χ4v) is 4.17. The van der Waals surface area contributed by atoms with E-state index in [9.17, 15) is 5.11 Å². The van der Waals surface area contributed by atoms with Gasteiger partial charge in [0.1, 0.15) is 34.6 Å². The molecule has 5 nitrogen and oxygen atoms in total. The number of aromatic nitrogens is 2. The summed E-state index contributed by atoms with van der Waals surface area (Å²) < 4.78 is 11.9. The minimum atomic E-state index is 0.212. The van der Waals surface area contributed by atoms with Crippen LogP contribution in [-0.4, -0.2) is 15.1 Å². The van der Waals surface area contributed by atoms with E-state index in [0.717, 1.165) is 51.1 Å². The van der Waals surface area contributed by atoms with E-state index in [4.69, 9.17) is 14.5 Å². The summed E-state index contributed by atoms with van der Waals surface area (Å²) in [5.41, 5.74) is 4.50. The van der Waals surface area contributed by atoms with Crippen LogP contribution < -0.4 is 9.47 Å². The standard InChI is InChI=1S/C33H24N2O3/c36-26-17-11-25(12-18-26)33-34-31(23-13-19-29(20-14-23)37-27-7-3-1-4-8-27)32(35-33)24-15-21-30(22-16-24)38-28-9-5-2-6-10-28/h1-22,36H,(H,34,35). The summed E-state index contributed by atoms with van der Waals surface area (Å²) in [4.78, 5) is 8.44. The second kappa shape index (κ2) is 10.4. The lowest BCUT2D eigenvalue weighted by Gasteiger charge is -2.08. The molecular weight excluding hydrogens is 472 g/mol. The zero-order chi connectivity index (χ0) is 25.7. The molecule has 0 radical (unpaired) electrons. The highest BCUT2D eigenvalue weighted by Gasteiger charge is 2.16. The molecule has 0 atom stereocenters. The molecule has 0 aliphatic rings. The van der Waals surface area contributed by atoms with Crippen LogP contribution in [0.5, 0.6) is 28.7 Å². The lowest BCUT2D eigenvalue weighted by molar-refractivity contribution is 0.475. The summed E-state index contributed by atoms with van der Waals surface area (Å²) in [7, 11) is 0. The van der Waals surface area contributed by atoms with Gasteiger partial charge in [-0.25, -0.2) is 4.98 Å². The predicted molar refractivity (Wildman–Crippen MR) is 150 cm³/mol. The number of aromatic amines is 1. The Morgan fingerprint density at radius 1 is 0.474 bits per heavy atom. The van der Waals surface area contributed by atoms with Crippen molar-refractivity contribution in [2.24, 2.45) is 0 Å².